The van der Waals surface area contributed by atoms with Gasteiger partial charge in [0.15, 0.2) is 0 Å². The molecule has 3 heterocycles. The van der Waals surface area contributed by atoms with Crippen LogP contribution in [0.1, 0.15) is 35.9 Å². The number of thiophene rings is 1. The van der Waals surface area contributed by atoms with E-state index in [0.717, 1.165) is 18.8 Å². The highest BCUT2D eigenvalue weighted by atomic mass is 32.1. The number of nitrogens with one attached hydrogen (secondary N) is 1. The van der Waals surface area contributed by atoms with E-state index < -0.39 is 0 Å². The number of aromatic nitrogens is 2. The van der Waals surface area contributed by atoms with Crippen molar-refractivity contribution in [2.45, 2.75) is 31.8 Å². The molecule has 1 saturated heterocycles. The first-order chi connectivity index (χ1) is 9.86. The Bertz CT molecular complexity index is 541. The molecule has 0 aliphatic carbocycles. The third-order valence-electron chi connectivity index (χ3n) is 3.79. The van der Waals surface area contributed by atoms with E-state index in [1.807, 2.05) is 24.6 Å². The van der Waals surface area contributed by atoms with Crippen LogP contribution >= 0.6 is 11.3 Å². The van der Waals surface area contributed by atoms with Gasteiger partial charge in [-0.3, -0.25) is 4.90 Å². The summed E-state index contributed by atoms with van der Waals surface area (Å²) in [6, 6.07) is 6.82. The zero-order valence-corrected chi connectivity index (χ0v) is 12.6. The Hall–Kier alpha value is -1.46. The summed E-state index contributed by atoms with van der Waals surface area (Å²) in [5.74, 6) is 0.712. The number of piperidine rings is 1. The van der Waals surface area contributed by atoms with Crippen LogP contribution < -0.4 is 5.32 Å². The monoisotopic (exact) mass is 288 g/mol. The van der Waals surface area contributed by atoms with Gasteiger partial charge in [-0.2, -0.15) is 0 Å². The summed E-state index contributed by atoms with van der Waals surface area (Å²) in [7, 11) is 1.86. The van der Waals surface area contributed by atoms with Crippen LogP contribution in [0.2, 0.25) is 0 Å². The zero-order valence-electron chi connectivity index (χ0n) is 11.7. The van der Waals surface area contributed by atoms with E-state index in [2.05, 4.69) is 43.8 Å². The minimum absolute atomic E-state index is 0.418. The number of hydrogen-bond acceptors (Lipinski definition) is 5. The summed E-state index contributed by atoms with van der Waals surface area (Å²) in [6.45, 7) is 2.18. The Kier molecular flexibility index (Phi) is 4.28. The van der Waals surface area contributed by atoms with Gasteiger partial charge >= 0.3 is 0 Å². The van der Waals surface area contributed by atoms with Gasteiger partial charge in [0.05, 0.1) is 11.7 Å². The van der Waals surface area contributed by atoms with Crippen LogP contribution in [0, 0.1) is 0 Å². The largest absolute Gasteiger partial charge is 0.357 e. The second kappa shape index (κ2) is 6.33. The lowest BCUT2D eigenvalue weighted by Gasteiger charge is -2.35. The minimum atomic E-state index is 0.418. The summed E-state index contributed by atoms with van der Waals surface area (Å²) in [5, 5.41) is 5.18. The molecule has 2 aromatic heterocycles. The van der Waals surface area contributed by atoms with Gasteiger partial charge < -0.3 is 5.32 Å². The molecule has 1 fully saturated rings. The van der Waals surface area contributed by atoms with E-state index in [1.54, 1.807) is 0 Å². The van der Waals surface area contributed by atoms with Gasteiger partial charge in [-0.05, 0) is 36.9 Å². The molecule has 0 unspecified atom stereocenters. The Morgan fingerprint density at radius 1 is 1.40 bits per heavy atom. The van der Waals surface area contributed by atoms with E-state index in [0.29, 0.717) is 12.0 Å². The van der Waals surface area contributed by atoms with E-state index >= 15 is 0 Å². The molecule has 106 valence electrons. The van der Waals surface area contributed by atoms with Crippen molar-refractivity contribution >= 4 is 17.3 Å². The number of nitrogens with zero attached hydrogens (tertiary/aromatic N) is 3. The second-order valence-corrected chi connectivity index (χ2v) is 6.15. The third kappa shape index (κ3) is 2.99. The fourth-order valence-corrected chi connectivity index (χ4v) is 3.53. The lowest BCUT2D eigenvalue weighted by atomic mass is 9.99. The third-order valence-corrected chi connectivity index (χ3v) is 4.66. The van der Waals surface area contributed by atoms with Crippen molar-refractivity contribution in [3.05, 3.63) is 40.3 Å². The maximum absolute atomic E-state index is 4.63. The molecule has 0 bridgehead atoms. The van der Waals surface area contributed by atoms with Crippen LogP contribution in [0.3, 0.4) is 0 Å². The molecule has 3 rings (SSSR count). The van der Waals surface area contributed by atoms with Crippen molar-refractivity contribution in [2.75, 3.05) is 18.9 Å². The quantitative estimate of drug-likeness (QED) is 0.937. The fraction of sp³-hybridized carbons (Fsp3) is 0.467. The molecule has 4 nitrogen and oxygen atoms in total. The normalized spacial score (nSPS) is 19.9. The van der Waals surface area contributed by atoms with Crippen molar-refractivity contribution in [3.63, 3.8) is 0 Å². The smallest absolute Gasteiger partial charge is 0.222 e. The number of likely N-dealkylation sites (tertiary alicyclic amines) is 1. The van der Waals surface area contributed by atoms with E-state index in [1.165, 1.54) is 24.1 Å². The number of rotatable bonds is 4. The minimum Gasteiger partial charge on any atom is -0.357 e. The Morgan fingerprint density at radius 3 is 3.15 bits per heavy atom. The van der Waals surface area contributed by atoms with Gasteiger partial charge in [-0.25, -0.2) is 9.97 Å². The van der Waals surface area contributed by atoms with E-state index in [9.17, 15) is 0 Å². The van der Waals surface area contributed by atoms with Crippen LogP contribution in [-0.4, -0.2) is 28.5 Å². The molecule has 5 heteroatoms. The van der Waals surface area contributed by atoms with Gasteiger partial charge in [0.2, 0.25) is 5.95 Å². The Labute approximate surface area is 123 Å². The summed E-state index contributed by atoms with van der Waals surface area (Å²) in [6.07, 6.45) is 5.61. The van der Waals surface area contributed by atoms with E-state index in [4.69, 9.17) is 0 Å². The summed E-state index contributed by atoms with van der Waals surface area (Å²) in [4.78, 5) is 12.8. The van der Waals surface area contributed by atoms with Gasteiger partial charge in [-0.15, -0.1) is 11.3 Å². The molecule has 0 aromatic carbocycles. The first kappa shape index (κ1) is 13.5. The molecule has 0 amide bonds. The molecule has 1 aliphatic heterocycles. The molecule has 0 radical (unpaired) electrons. The number of anilines is 1. The fourth-order valence-electron chi connectivity index (χ4n) is 2.80. The molecule has 1 atom stereocenters. The molecule has 2 aromatic rings. The van der Waals surface area contributed by atoms with Gasteiger partial charge in [-0.1, -0.05) is 12.5 Å². The topological polar surface area (TPSA) is 41.1 Å². The second-order valence-electron chi connectivity index (χ2n) is 5.12. The highest BCUT2D eigenvalue weighted by molar-refractivity contribution is 7.09. The maximum atomic E-state index is 4.63. The lowest BCUT2D eigenvalue weighted by Crippen LogP contribution is -2.33. The molecule has 20 heavy (non-hydrogen) atoms. The molecule has 0 saturated carbocycles. The molecule has 0 spiro atoms. The van der Waals surface area contributed by atoms with Gasteiger partial charge in [0.25, 0.3) is 0 Å². The van der Waals surface area contributed by atoms with Crippen molar-refractivity contribution in [2.24, 2.45) is 0 Å². The SMILES string of the molecule is CNc1nccc([C@H]2CCCCN2Cc2cccs2)n1. The van der Waals surface area contributed by atoms with Crippen LogP contribution in [0.5, 0.6) is 0 Å². The molecular formula is C15H20N4S. The molecule has 1 aliphatic rings. The van der Waals surface area contributed by atoms with Crippen molar-refractivity contribution in [1.82, 2.24) is 14.9 Å². The molecule has 1 N–H and O–H groups in total. The van der Waals surface area contributed by atoms with E-state index in [-0.39, 0.29) is 0 Å². The first-order valence-corrected chi connectivity index (χ1v) is 8.02. The molecular weight excluding hydrogens is 268 g/mol. The van der Waals surface area contributed by atoms with Gasteiger partial charge in [0, 0.05) is 24.7 Å². The predicted octanol–water partition coefficient (Wildman–Crippen LogP) is 3.31. The average molecular weight is 288 g/mol. The van der Waals surface area contributed by atoms with Crippen molar-refractivity contribution < 1.29 is 0 Å². The van der Waals surface area contributed by atoms with Crippen molar-refractivity contribution in [3.8, 4) is 0 Å². The standard InChI is InChI=1S/C15H20N4S/c1-16-15-17-8-7-13(18-15)14-6-2-3-9-19(14)11-12-5-4-10-20-12/h4-5,7-8,10,14H,2-3,6,9,11H2,1H3,(H,16,17,18)/t14-/m1/s1. The lowest BCUT2D eigenvalue weighted by molar-refractivity contribution is 0.138. The predicted molar refractivity (Wildman–Crippen MR) is 82.9 cm³/mol. The first-order valence-electron chi connectivity index (χ1n) is 7.14. The maximum Gasteiger partial charge on any atom is 0.222 e. The Morgan fingerprint density at radius 2 is 2.35 bits per heavy atom. The van der Waals surface area contributed by atoms with Crippen LogP contribution in [0.4, 0.5) is 5.95 Å². The van der Waals surface area contributed by atoms with Gasteiger partial charge in [0.1, 0.15) is 0 Å². The zero-order chi connectivity index (χ0) is 13.8. The van der Waals surface area contributed by atoms with Crippen LogP contribution in [-0.2, 0) is 6.54 Å². The summed E-state index contributed by atoms with van der Waals surface area (Å²) < 4.78 is 0. The Balaban J connectivity index is 1.80. The summed E-state index contributed by atoms with van der Waals surface area (Å²) >= 11 is 1.83. The summed E-state index contributed by atoms with van der Waals surface area (Å²) in [5.41, 5.74) is 1.14. The highest BCUT2D eigenvalue weighted by Gasteiger charge is 2.25. The average Bonchev–Trinajstić information content (AvgIpc) is 3.01. The number of hydrogen-bond donors (Lipinski definition) is 1. The van der Waals surface area contributed by atoms with Crippen LogP contribution in [0.15, 0.2) is 29.8 Å². The highest BCUT2D eigenvalue weighted by Crippen LogP contribution is 2.31. The van der Waals surface area contributed by atoms with Crippen LogP contribution in [0.25, 0.3) is 0 Å². The van der Waals surface area contributed by atoms with Crippen molar-refractivity contribution in [1.29, 1.82) is 0 Å².